The molecule has 0 saturated carbocycles. The van der Waals surface area contributed by atoms with Gasteiger partial charge in [-0.2, -0.15) is 0 Å². The molecular weight excluding hydrogens is 238 g/mol. The number of benzene rings is 1. The van der Waals surface area contributed by atoms with Crippen LogP contribution in [-0.2, 0) is 0 Å². The van der Waals surface area contributed by atoms with Crippen LogP contribution < -0.4 is 4.74 Å². The Labute approximate surface area is 113 Å². The third-order valence-electron chi connectivity index (χ3n) is 3.05. The fraction of sp³-hybridized carbons (Fsp3) is 0.467. The van der Waals surface area contributed by atoms with E-state index in [-0.39, 0.29) is 5.54 Å². The molecule has 1 aromatic rings. The van der Waals surface area contributed by atoms with Crippen LogP contribution in [0.15, 0.2) is 34.3 Å². The third kappa shape index (κ3) is 2.35. The minimum Gasteiger partial charge on any atom is -0.425 e. The molecule has 4 heteroatoms. The Balaban J connectivity index is 2.10. The highest BCUT2D eigenvalue weighted by atomic mass is 16.5. The van der Waals surface area contributed by atoms with Gasteiger partial charge in [0.15, 0.2) is 0 Å². The lowest BCUT2D eigenvalue weighted by Gasteiger charge is -2.35. The minimum absolute atomic E-state index is 0.163. The van der Waals surface area contributed by atoms with Gasteiger partial charge >= 0.3 is 0 Å². The Morgan fingerprint density at radius 2 is 2.05 bits per heavy atom. The van der Waals surface area contributed by atoms with E-state index in [4.69, 9.17) is 9.73 Å². The molecular formula is C15H19N3O. The van der Waals surface area contributed by atoms with Crippen molar-refractivity contribution in [2.24, 2.45) is 9.98 Å². The van der Waals surface area contributed by atoms with Crippen LogP contribution in [0.4, 0.5) is 0 Å². The van der Waals surface area contributed by atoms with Gasteiger partial charge in [0.05, 0.1) is 11.1 Å². The van der Waals surface area contributed by atoms with Gasteiger partial charge in [0.25, 0.3) is 6.02 Å². The van der Waals surface area contributed by atoms with Gasteiger partial charge in [0.2, 0.25) is 0 Å². The van der Waals surface area contributed by atoms with Gasteiger partial charge in [0.1, 0.15) is 11.6 Å². The molecule has 1 aromatic carbocycles. The van der Waals surface area contributed by atoms with Crippen LogP contribution in [0, 0.1) is 0 Å². The molecule has 2 aliphatic rings. The van der Waals surface area contributed by atoms with Crippen molar-refractivity contribution in [3.63, 3.8) is 0 Å². The molecule has 0 N–H and O–H groups in total. The van der Waals surface area contributed by atoms with Crippen LogP contribution in [0.5, 0.6) is 5.75 Å². The first kappa shape index (κ1) is 12.2. The molecule has 100 valence electrons. The summed E-state index contributed by atoms with van der Waals surface area (Å²) >= 11 is 0. The van der Waals surface area contributed by atoms with Crippen LogP contribution in [0.1, 0.15) is 32.8 Å². The average molecular weight is 257 g/mol. The van der Waals surface area contributed by atoms with Crippen molar-refractivity contribution in [3.8, 4) is 5.75 Å². The molecule has 4 nitrogen and oxygen atoms in total. The summed E-state index contributed by atoms with van der Waals surface area (Å²) in [5.74, 6) is 1.85. The van der Waals surface area contributed by atoms with Gasteiger partial charge in [-0.3, -0.25) is 9.89 Å². The zero-order valence-electron chi connectivity index (χ0n) is 11.7. The largest absolute Gasteiger partial charge is 0.425 e. The summed E-state index contributed by atoms with van der Waals surface area (Å²) in [4.78, 5) is 11.4. The molecule has 0 aliphatic carbocycles. The van der Waals surface area contributed by atoms with Gasteiger partial charge in [0, 0.05) is 13.1 Å². The standard InChI is InChI=1S/C15H19N3O/c1-15(2,3)17-14-18-10-6-9-16-13(18)11-7-4-5-8-12(11)19-14/h4-5,7-8H,6,9-10H2,1-3H3. The summed E-state index contributed by atoms with van der Waals surface area (Å²) in [6.07, 6.45) is 1.04. The Hall–Kier alpha value is -1.84. The molecule has 2 heterocycles. The molecule has 0 unspecified atom stereocenters. The molecule has 0 saturated heterocycles. The molecule has 2 aliphatic heterocycles. The molecule has 0 atom stereocenters. The second-order valence-electron chi connectivity index (χ2n) is 5.87. The fourth-order valence-corrected chi connectivity index (χ4v) is 2.29. The first-order valence-corrected chi connectivity index (χ1v) is 6.74. The summed E-state index contributed by atoms with van der Waals surface area (Å²) in [6, 6.07) is 8.70. The van der Waals surface area contributed by atoms with Crippen molar-refractivity contribution < 1.29 is 4.74 Å². The van der Waals surface area contributed by atoms with Gasteiger partial charge in [-0.15, -0.1) is 0 Å². The number of rotatable bonds is 0. The minimum atomic E-state index is -0.163. The first-order chi connectivity index (χ1) is 9.04. The smallest absolute Gasteiger partial charge is 0.299 e. The monoisotopic (exact) mass is 257 g/mol. The lowest BCUT2D eigenvalue weighted by molar-refractivity contribution is 0.388. The number of fused-ring (bicyclic) bond motifs is 3. The van der Waals surface area contributed by atoms with Crippen LogP contribution in [0.2, 0.25) is 0 Å². The summed E-state index contributed by atoms with van der Waals surface area (Å²) in [5, 5.41) is 0. The van der Waals surface area contributed by atoms with E-state index in [9.17, 15) is 0 Å². The molecule has 19 heavy (non-hydrogen) atoms. The first-order valence-electron chi connectivity index (χ1n) is 6.74. The number of hydrogen-bond acceptors (Lipinski definition) is 3. The maximum absolute atomic E-state index is 5.97. The Bertz CT molecular complexity index is 555. The molecule has 0 fully saturated rings. The van der Waals surface area contributed by atoms with Crippen molar-refractivity contribution in [3.05, 3.63) is 29.8 Å². The number of hydrogen-bond donors (Lipinski definition) is 0. The number of aliphatic imine (C=N–C) groups is 2. The summed E-state index contributed by atoms with van der Waals surface area (Å²) in [6.45, 7) is 8.02. The van der Waals surface area contributed by atoms with Gasteiger partial charge in [-0.25, -0.2) is 4.99 Å². The molecule has 0 spiro atoms. The van der Waals surface area contributed by atoms with Crippen molar-refractivity contribution in [1.29, 1.82) is 0 Å². The van der Waals surface area contributed by atoms with E-state index in [0.717, 1.165) is 36.7 Å². The van der Waals surface area contributed by atoms with Gasteiger partial charge < -0.3 is 4.74 Å². The number of ether oxygens (including phenoxy) is 1. The highest BCUT2D eigenvalue weighted by Gasteiger charge is 2.31. The number of nitrogens with zero attached hydrogens (tertiary/aromatic N) is 3. The van der Waals surface area contributed by atoms with Gasteiger partial charge in [-0.05, 0) is 39.3 Å². The zero-order chi connectivity index (χ0) is 13.5. The van der Waals surface area contributed by atoms with E-state index in [1.165, 1.54) is 0 Å². The van der Waals surface area contributed by atoms with Crippen molar-refractivity contribution in [2.45, 2.75) is 32.7 Å². The summed E-state index contributed by atoms with van der Waals surface area (Å²) in [7, 11) is 0. The number of amidine groups is 2. The van der Waals surface area contributed by atoms with E-state index in [1.807, 2.05) is 18.2 Å². The molecule has 0 radical (unpaired) electrons. The van der Waals surface area contributed by atoms with Crippen LogP contribution in [0.25, 0.3) is 0 Å². The van der Waals surface area contributed by atoms with Crippen LogP contribution in [-0.4, -0.2) is 35.4 Å². The lowest BCUT2D eigenvalue weighted by Crippen LogP contribution is -2.47. The second-order valence-corrected chi connectivity index (χ2v) is 5.87. The van der Waals surface area contributed by atoms with Crippen LogP contribution >= 0.6 is 0 Å². The normalized spacial score (nSPS) is 20.5. The van der Waals surface area contributed by atoms with E-state index in [0.29, 0.717) is 6.02 Å². The molecule has 0 bridgehead atoms. The second kappa shape index (κ2) is 4.37. The third-order valence-corrected chi connectivity index (χ3v) is 3.05. The van der Waals surface area contributed by atoms with Crippen molar-refractivity contribution >= 4 is 11.9 Å². The Morgan fingerprint density at radius 3 is 2.84 bits per heavy atom. The lowest BCUT2D eigenvalue weighted by atomic mass is 10.1. The predicted octanol–water partition coefficient (Wildman–Crippen LogP) is 2.69. The van der Waals surface area contributed by atoms with Gasteiger partial charge in [-0.1, -0.05) is 12.1 Å². The van der Waals surface area contributed by atoms with E-state index < -0.39 is 0 Å². The Morgan fingerprint density at radius 1 is 1.26 bits per heavy atom. The van der Waals surface area contributed by atoms with E-state index in [2.05, 4.69) is 36.7 Å². The molecule has 0 aromatic heterocycles. The molecule has 3 rings (SSSR count). The van der Waals surface area contributed by atoms with Crippen LogP contribution in [0.3, 0.4) is 0 Å². The van der Waals surface area contributed by atoms with E-state index in [1.54, 1.807) is 0 Å². The van der Waals surface area contributed by atoms with Crippen molar-refractivity contribution in [1.82, 2.24) is 4.90 Å². The highest BCUT2D eigenvalue weighted by molar-refractivity contribution is 6.12. The van der Waals surface area contributed by atoms with E-state index >= 15 is 0 Å². The molecule has 0 amide bonds. The topological polar surface area (TPSA) is 37.2 Å². The summed E-state index contributed by atoms with van der Waals surface area (Å²) < 4.78 is 5.97. The predicted molar refractivity (Wildman–Crippen MR) is 77.0 cm³/mol. The SMILES string of the molecule is CC(C)(C)N=C1Oc2ccccc2C2=NCCCN12. The summed E-state index contributed by atoms with van der Waals surface area (Å²) in [5.41, 5.74) is 0.902. The van der Waals surface area contributed by atoms with Crippen molar-refractivity contribution in [2.75, 3.05) is 13.1 Å². The fourth-order valence-electron chi connectivity index (χ4n) is 2.29. The maximum Gasteiger partial charge on any atom is 0.299 e. The Kier molecular flexibility index (Phi) is 2.81. The average Bonchev–Trinajstić information content (AvgIpc) is 2.37. The quantitative estimate of drug-likeness (QED) is 0.716. The highest BCUT2D eigenvalue weighted by Crippen LogP contribution is 2.28. The maximum atomic E-state index is 5.97. The zero-order valence-corrected chi connectivity index (χ0v) is 11.7. The number of para-hydroxylation sites is 1.